The molecule has 9 rings (SSSR count). The number of rotatable bonds is 65. The number of carbonyl (C=O) groups excluding carboxylic acids is 5. The summed E-state index contributed by atoms with van der Waals surface area (Å²) in [6.45, 7) is 31.4. The number of ketones is 2. The molecule has 36 heteroatoms. The topological polar surface area (TPSA) is 410 Å². The van der Waals surface area contributed by atoms with Crippen LogP contribution in [0.1, 0.15) is 152 Å². The van der Waals surface area contributed by atoms with Crippen LogP contribution in [0, 0.1) is 5.92 Å². The lowest BCUT2D eigenvalue weighted by Crippen LogP contribution is -2.65. The zero-order chi connectivity index (χ0) is 85.8. The van der Waals surface area contributed by atoms with Crippen molar-refractivity contribution in [1.82, 2.24) is 41.6 Å². The summed E-state index contributed by atoms with van der Waals surface area (Å²) in [6.07, 6.45) is 9.14. The Labute approximate surface area is 707 Å². The normalized spacial score (nSPS) is 22.6. The van der Waals surface area contributed by atoms with Crippen molar-refractivity contribution >= 4 is 29.3 Å². The maximum atomic E-state index is 12.6. The minimum atomic E-state index is -0.871. The lowest BCUT2D eigenvalue weighted by Gasteiger charge is -2.41. The molecule has 6 aliphatic heterocycles. The zero-order valence-corrected chi connectivity index (χ0v) is 72.0. The van der Waals surface area contributed by atoms with Crippen LogP contribution in [0.3, 0.4) is 0 Å². The van der Waals surface area contributed by atoms with E-state index in [1.165, 1.54) is 6.92 Å². The first kappa shape index (κ1) is 101. The highest BCUT2D eigenvalue weighted by Crippen LogP contribution is 2.50. The molecule has 4 bridgehead atoms. The van der Waals surface area contributed by atoms with Crippen LogP contribution in [0.25, 0.3) is 10.4 Å². The second kappa shape index (κ2) is 58.1. The van der Waals surface area contributed by atoms with Gasteiger partial charge < -0.3 is 121 Å². The number of aromatic nitrogens is 3. The first-order chi connectivity index (χ1) is 58.3. The molecule has 36 nitrogen and oxygen atoms in total. The highest BCUT2D eigenvalue weighted by Gasteiger charge is 2.67. The number of hydrogen-bond acceptors (Lipinski definition) is 30. The Bertz CT molecular complexity index is 3320. The number of azide groups is 1. The van der Waals surface area contributed by atoms with E-state index >= 15 is 0 Å². The van der Waals surface area contributed by atoms with Gasteiger partial charge in [-0.25, -0.2) is 4.68 Å². The Kier molecular flexibility index (Phi) is 48.8. The van der Waals surface area contributed by atoms with E-state index < -0.39 is 47.3 Å². The number of hydrogen-bond donors (Lipinski definition) is 5. The fourth-order valence-corrected chi connectivity index (χ4v) is 13.7. The summed E-state index contributed by atoms with van der Waals surface area (Å²) in [5.74, 6) is -2.11. The molecule has 0 saturated carbocycles. The molecule has 6 fully saturated rings. The average Bonchev–Trinajstić information content (AvgIpc) is 1.57. The summed E-state index contributed by atoms with van der Waals surface area (Å²) in [4.78, 5) is 63.0. The van der Waals surface area contributed by atoms with Crippen LogP contribution < -0.4 is 26.6 Å². The third-order valence-electron chi connectivity index (χ3n) is 19.4. The van der Waals surface area contributed by atoms with Crippen molar-refractivity contribution in [2.75, 3.05) is 204 Å². The largest absolute Gasteiger partial charge is 0.381 e. The van der Waals surface area contributed by atoms with Crippen LogP contribution in [-0.2, 0) is 122 Å². The Morgan fingerprint density at radius 1 is 0.517 bits per heavy atom. The molecule has 0 aliphatic carbocycles. The Hall–Kier alpha value is -6.24. The third kappa shape index (κ3) is 38.5. The molecule has 678 valence electrons. The molecule has 5 N–H and O–H groups in total. The summed E-state index contributed by atoms with van der Waals surface area (Å²) >= 11 is 0. The van der Waals surface area contributed by atoms with Crippen LogP contribution in [0.2, 0.25) is 0 Å². The molecule has 6 aliphatic rings. The molecule has 3 aromatic rings. The lowest BCUT2D eigenvalue weighted by atomic mass is 9.85. The summed E-state index contributed by atoms with van der Waals surface area (Å²) in [5, 5.41) is 26.5. The van der Waals surface area contributed by atoms with E-state index in [-0.39, 0.29) is 99.1 Å². The number of ether oxygens (including phenoxy) is 20. The van der Waals surface area contributed by atoms with Crippen LogP contribution in [0.4, 0.5) is 0 Å². The van der Waals surface area contributed by atoms with E-state index in [0.717, 1.165) is 103 Å². The fourth-order valence-electron chi connectivity index (χ4n) is 13.7. The van der Waals surface area contributed by atoms with Crippen LogP contribution >= 0.6 is 0 Å². The number of nitrogens with one attached hydrogen (secondary N) is 5. The summed E-state index contributed by atoms with van der Waals surface area (Å²) in [7, 11) is 0. The number of benzene rings is 2. The van der Waals surface area contributed by atoms with Gasteiger partial charge in [-0.15, -0.1) is 5.10 Å². The molecule has 7 heterocycles. The van der Waals surface area contributed by atoms with E-state index in [1.807, 2.05) is 56.4 Å². The predicted octanol–water partition coefficient (Wildman–Crippen LogP) is 6.57. The van der Waals surface area contributed by atoms with Crippen LogP contribution in [0.5, 0.6) is 0 Å². The fraction of sp³-hybridized carbons (Fsp3) is 0.774. The predicted molar refractivity (Wildman–Crippen MR) is 439 cm³/mol. The van der Waals surface area contributed by atoms with Gasteiger partial charge in [-0.05, 0) is 104 Å². The molecule has 120 heavy (non-hydrogen) atoms. The Morgan fingerprint density at radius 3 is 1.41 bits per heavy atom. The van der Waals surface area contributed by atoms with Gasteiger partial charge in [-0.2, -0.15) is 0 Å². The second-order valence-electron chi connectivity index (χ2n) is 30.9. The van der Waals surface area contributed by atoms with Gasteiger partial charge in [0.25, 0.3) is 0 Å². The smallest absolute Gasteiger partial charge is 0.234 e. The molecule has 0 unspecified atom stereocenters. The van der Waals surface area contributed by atoms with Crippen LogP contribution in [0.15, 0.2) is 72.0 Å². The molecule has 1 aromatic heterocycles. The first-order valence-electron chi connectivity index (χ1n) is 42.8. The molecule has 6 saturated heterocycles. The van der Waals surface area contributed by atoms with Crippen molar-refractivity contribution in [3.63, 3.8) is 0 Å². The van der Waals surface area contributed by atoms with E-state index in [4.69, 9.17) is 100 Å². The maximum Gasteiger partial charge on any atom is 0.234 e. The van der Waals surface area contributed by atoms with Crippen LogP contribution in [-0.4, -0.2) is 321 Å². The molecular formula is C84H137N11O25. The van der Waals surface area contributed by atoms with Crippen molar-refractivity contribution in [2.45, 2.75) is 211 Å². The van der Waals surface area contributed by atoms with Gasteiger partial charge >= 0.3 is 0 Å². The SMILES string of the molecule is CC(=O)N[C@H]1[C@H]2OC[C@](CN=[N+]=[N-])(O2)[C@@H]2OC(C)(C)O[C@H]12.CCCOCCCOCCCOCCCOCC(COCCCOCCCOCCCOCCC)NC(=O)CNCC(=O)c1ccccc1.C[C@H]1[C@H]2OC[C@](Cn3cc(COCCCOCCCOCCCOCCNC(=O)CNCC(=O)c4ccccc4)nn3)(O2)[C@@H]2OC(C)(C)O[C@H]12. The van der Waals surface area contributed by atoms with Gasteiger partial charge in [0.2, 0.25) is 17.7 Å². The van der Waals surface area contributed by atoms with Crippen molar-refractivity contribution < 1.29 is 119 Å². The number of carbonyl (C=O) groups is 5. The van der Waals surface area contributed by atoms with Crippen molar-refractivity contribution in [1.29, 1.82) is 0 Å². The summed E-state index contributed by atoms with van der Waals surface area (Å²) < 4.78 is 118. The third-order valence-corrected chi connectivity index (χ3v) is 19.4. The molecule has 10 atom stereocenters. The Morgan fingerprint density at radius 2 is 0.933 bits per heavy atom. The van der Waals surface area contributed by atoms with Gasteiger partial charge in [-0.1, -0.05) is 91.8 Å². The molecule has 0 radical (unpaired) electrons. The van der Waals surface area contributed by atoms with Gasteiger partial charge in [0.1, 0.15) is 41.2 Å². The number of nitrogens with zero attached hydrogens (tertiary/aromatic N) is 6. The minimum Gasteiger partial charge on any atom is -0.381 e. The minimum absolute atomic E-state index is 0.0173. The van der Waals surface area contributed by atoms with Gasteiger partial charge in [-0.3, -0.25) is 24.0 Å². The second-order valence-corrected chi connectivity index (χ2v) is 30.9. The average molecular weight is 1700 g/mol. The van der Waals surface area contributed by atoms with E-state index in [9.17, 15) is 24.0 Å². The number of Topliss-reactive ketones (excluding diaryl/α,β-unsaturated/α-hetero) is 2. The quantitative estimate of drug-likeness (QED) is 0.0131. The maximum absolute atomic E-state index is 12.6. The molecule has 2 aromatic carbocycles. The highest BCUT2D eigenvalue weighted by atomic mass is 16.8. The first-order valence-corrected chi connectivity index (χ1v) is 42.8. The van der Waals surface area contributed by atoms with Gasteiger partial charge in [0.05, 0.1) is 97.3 Å². The monoisotopic (exact) mass is 1700 g/mol. The summed E-state index contributed by atoms with van der Waals surface area (Å²) in [5.41, 5.74) is 9.00. The lowest BCUT2D eigenvalue weighted by molar-refractivity contribution is -0.211. The van der Waals surface area contributed by atoms with E-state index in [1.54, 1.807) is 42.8 Å². The standard InChI is InChI=1S/C37H66N2O10.C35H53N5O10.C12H18N4O5/c1-3-16-42-18-8-20-44-22-10-24-46-26-12-28-48-32-35(39-37(41)31-38-30-36(40)34-14-6-5-7-15-34)33-49-29-13-27-47-25-11-23-45-21-9-19-43-17-4-2;1-26-31-32(49-34(2,3)48-31)35(25-47-33(26)50-35)24-40-22-28(38-39-40)23-46-18-9-16-44-14-7-13-43-15-8-17-45-19-12-37-30(42)21-36-20-29(41)27-10-5-4-6-11-27;1-6(17)15-7-8-9(20-11(2,3)19-8)12(4-14-16-13)5-18-10(7)21-12/h5-7,14-15,35,38H,3-4,8-13,16-33H2,1-2H3,(H,39,41);4-6,10-11,22,26,31-33,36H,7-9,12-21,23-25H2,1-3H3,(H,37,42);7-10H,4-5H2,1-3H3,(H,15,17)/t;26-,31-,32-,33+,35+;7-,8-,9-,10+,12+/m.11/s1. The molecule has 3 amide bonds. The Balaban J connectivity index is 0.000000267. The number of fused-ring (bicyclic) bond motifs is 8. The number of amides is 3. The van der Waals surface area contributed by atoms with Gasteiger partial charge in [0.15, 0.2) is 35.7 Å². The highest BCUT2D eigenvalue weighted by molar-refractivity contribution is 5.98. The molecular weight excluding hydrogens is 1560 g/mol. The molecule has 0 spiro atoms. The zero-order valence-electron chi connectivity index (χ0n) is 72.0. The summed E-state index contributed by atoms with van der Waals surface area (Å²) in [6, 6.07) is 17.2. The van der Waals surface area contributed by atoms with Gasteiger partial charge in [0, 0.05) is 168 Å². The van der Waals surface area contributed by atoms with Crippen molar-refractivity contribution in [3.05, 3.63) is 94.1 Å². The van der Waals surface area contributed by atoms with Crippen molar-refractivity contribution in [3.8, 4) is 0 Å². The van der Waals surface area contributed by atoms with E-state index in [2.05, 4.69) is 67.7 Å². The van der Waals surface area contributed by atoms with Crippen molar-refractivity contribution in [2.24, 2.45) is 11.0 Å². The van der Waals surface area contributed by atoms with E-state index in [0.29, 0.717) is 163 Å².